The van der Waals surface area contributed by atoms with Crippen molar-refractivity contribution in [1.82, 2.24) is 10.2 Å². The minimum absolute atomic E-state index is 0.0762. The van der Waals surface area contributed by atoms with Gasteiger partial charge in [0.2, 0.25) is 5.13 Å². The van der Waals surface area contributed by atoms with E-state index in [1.165, 1.54) is 23.8 Å². The molecule has 5 aromatic rings. The molecule has 0 radical (unpaired) electrons. The lowest BCUT2D eigenvalue weighted by Crippen LogP contribution is -2.29. The number of aromatic nitrogens is 2. The Kier molecular flexibility index (Phi) is 9.60. The minimum Gasteiger partial charge on any atom is -0.507 e. The molecule has 1 aliphatic heterocycles. The topological polar surface area (TPSA) is 102 Å². The normalized spacial score (nSPS) is 15.7. The average Bonchev–Trinajstić information content (AvgIpc) is 3.65. The summed E-state index contributed by atoms with van der Waals surface area (Å²) in [4.78, 5) is 28.6. The number of thioether (sulfide) groups is 1. The van der Waals surface area contributed by atoms with Crippen molar-refractivity contribution in [1.29, 1.82) is 0 Å². The fourth-order valence-corrected chi connectivity index (χ4v) is 7.33. The van der Waals surface area contributed by atoms with Gasteiger partial charge in [-0.1, -0.05) is 94.8 Å². The summed E-state index contributed by atoms with van der Waals surface area (Å²) in [6, 6.07) is 27.7. The van der Waals surface area contributed by atoms with Crippen LogP contribution in [0.25, 0.3) is 5.76 Å². The Balaban J connectivity index is 1.36. The first-order chi connectivity index (χ1) is 22.3. The zero-order chi connectivity index (χ0) is 32.2. The molecule has 0 spiro atoms. The number of nitrogens with zero attached hydrogens (tertiary/aromatic N) is 3. The van der Waals surface area contributed by atoms with Crippen LogP contribution in [0.5, 0.6) is 11.5 Å². The zero-order valence-corrected chi connectivity index (χ0v) is 27.4. The number of carbonyl (C=O) groups is 2. The van der Waals surface area contributed by atoms with E-state index in [0.29, 0.717) is 49.4 Å². The van der Waals surface area contributed by atoms with Gasteiger partial charge in [-0.2, -0.15) is 0 Å². The van der Waals surface area contributed by atoms with Gasteiger partial charge in [-0.15, -0.1) is 10.2 Å². The van der Waals surface area contributed by atoms with Gasteiger partial charge in [0.15, 0.2) is 4.34 Å². The summed E-state index contributed by atoms with van der Waals surface area (Å²) < 4.78 is 11.9. The first-order valence-electron chi connectivity index (χ1n) is 13.9. The summed E-state index contributed by atoms with van der Waals surface area (Å²) in [6.45, 7) is 0.324. The van der Waals surface area contributed by atoms with Crippen molar-refractivity contribution in [3.63, 3.8) is 0 Å². The molecule has 1 fully saturated rings. The number of benzene rings is 4. The number of anilines is 1. The second-order valence-corrected chi connectivity index (χ2v) is 13.1. The molecule has 12 heteroatoms. The van der Waals surface area contributed by atoms with Crippen molar-refractivity contribution in [3.8, 4) is 11.5 Å². The Labute approximate surface area is 283 Å². The standard InChI is InChI=1S/C34H25Cl2N3O5S2/c1-43-25-14-11-21(12-15-25)30(40)28-29(22-8-5-9-26(16-22)44-18-20-6-3-2-4-7-20)39(32(42)31(28)41)33-37-38-34(46-33)45-19-23-10-13-24(35)17-27(23)36/h2-17,29,40H,18-19H2,1H3/b30-28+. The number of Topliss-reactive ketones (excluding diaryl/α,β-unsaturated/α-hetero) is 1. The number of aliphatic hydroxyl groups excluding tert-OH is 1. The van der Waals surface area contributed by atoms with E-state index in [1.54, 1.807) is 60.7 Å². The predicted octanol–water partition coefficient (Wildman–Crippen LogP) is 8.35. The van der Waals surface area contributed by atoms with Crippen LogP contribution in [0.2, 0.25) is 10.0 Å². The van der Waals surface area contributed by atoms with Crippen LogP contribution in [0.4, 0.5) is 5.13 Å². The molecule has 0 aliphatic carbocycles. The summed E-state index contributed by atoms with van der Waals surface area (Å²) in [5.41, 5.74) is 2.68. The summed E-state index contributed by atoms with van der Waals surface area (Å²) in [5.74, 6) is -0.387. The molecule has 46 heavy (non-hydrogen) atoms. The number of amides is 1. The average molecular weight is 691 g/mol. The molecule has 232 valence electrons. The molecule has 1 aliphatic rings. The molecule has 4 aromatic carbocycles. The summed E-state index contributed by atoms with van der Waals surface area (Å²) in [5, 5.41) is 21.3. The molecule has 1 unspecified atom stereocenters. The van der Waals surface area contributed by atoms with Crippen LogP contribution in [0.3, 0.4) is 0 Å². The summed E-state index contributed by atoms with van der Waals surface area (Å²) in [7, 11) is 1.53. The van der Waals surface area contributed by atoms with Gasteiger partial charge in [-0.3, -0.25) is 14.5 Å². The van der Waals surface area contributed by atoms with Gasteiger partial charge in [0.25, 0.3) is 5.78 Å². The Bertz CT molecular complexity index is 1930. The highest BCUT2D eigenvalue weighted by Crippen LogP contribution is 2.45. The van der Waals surface area contributed by atoms with E-state index in [9.17, 15) is 14.7 Å². The van der Waals surface area contributed by atoms with Gasteiger partial charge >= 0.3 is 5.91 Å². The lowest BCUT2D eigenvalue weighted by atomic mass is 9.95. The highest BCUT2D eigenvalue weighted by molar-refractivity contribution is 8.00. The van der Waals surface area contributed by atoms with Gasteiger partial charge in [0.1, 0.15) is 23.9 Å². The molecule has 1 saturated heterocycles. The molecule has 1 atom stereocenters. The van der Waals surface area contributed by atoms with Crippen LogP contribution in [0.15, 0.2) is 107 Å². The van der Waals surface area contributed by atoms with Gasteiger partial charge in [0, 0.05) is 21.4 Å². The van der Waals surface area contributed by atoms with Crippen molar-refractivity contribution in [2.24, 2.45) is 0 Å². The molecule has 1 N–H and O–H groups in total. The molecule has 8 nitrogen and oxygen atoms in total. The summed E-state index contributed by atoms with van der Waals surface area (Å²) in [6.07, 6.45) is 0. The highest BCUT2D eigenvalue weighted by atomic mass is 35.5. The summed E-state index contributed by atoms with van der Waals surface area (Å²) >= 11 is 14.9. The van der Waals surface area contributed by atoms with Crippen LogP contribution in [-0.4, -0.2) is 34.1 Å². The number of hydrogen-bond acceptors (Lipinski definition) is 9. The minimum atomic E-state index is -1.00. The number of aliphatic hydroxyl groups is 1. The fraction of sp³-hybridized carbons (Fsp3) is 0.118. The molecule has 1 amide bonds. The quantitative estimate of drug-likeness (QED) is 0.0513. The van der Waals surface area contributed by atoms with E-state index in [-0.39, 0.29) is 16.5 Å². The lowest BCUT2D eigenvalue weighted by molar-refractivity contribution is -0.132. The van der Waals surface area contributed by atoms with Crippen molar-refractivity contribution in [3.05, 3.63) is 135 Å². The predicted molar refractivity (Wildman–Crippen MR) is 181 cm³/mol. The molecule has 2 heterocycles. The molecule has 1 aromatic heterocycles. The smallest absolute Gasteiger partial charge is 0.301 e. The number of ketones is 1. The first kappa shape index (κ1) is 31.6. The maximum atomic E-state index is 13.7. The van der Waals surface area contributed by atoms with Gasteiger partial charge < -0.3 is 14.6 Å². The molecule has 6 rings (SSSR count). The molecule has 0 bridgehead atoms. The van der Waals surface area contributed by atoms with Gasteiger partial charge in [-0.25, -0.2) is 0 Å². The van der Waals surface area contributed by atoms with Gasteiger partial charge in [0.05, 0.1) is 18.7 Å². The maximum Gasteiger partial charge on any atom is 0.301 e. The van der Waals surface area contributed by atoms with Crippen molar-refractivity contribution in [2.75, 3.05) is 12.0 Å². The highest BCUT2D eigenvalue weighted by Gasteiger charge is 2.48. The third kappa shape index (κ3) is 6.75. The molecular formula is C34H25Cl2N3O5S2. The second-order valence-electron chi connectivity index (χ2n) is 10.1. The number of carbonyl (C=O) groups excluding carboxylic acids is 2. The third-order valence-electron chi connectivity index (χ3n) is 7.20. The zero-order valence-electron chi connectivity index (χ0n) is 24.2. The van der Waals surface area contributed by atoms with Crippen LogP contribution in [0, 0.1) is 0 Å². The first-order valence-corrected chi connectivity index (χ1v) is 16.5. The molecule has 0 saturated carbocycles. The van der Waals surface area contributed by atoms with Crippen molar-refractivity contribution < 1.29 is 24.2 Å². The Hall–Kier alpha value is -4.35. The van der Waals surface area contributed by atoms with Crippen LogP contribution in [0.1, 0.15) is 28.3 Å². The van der Waals surface area contributed by atoms with E-state index < -0.39 is 17.7 Å². The largest absolute Gasteiger partial charge is 0.507 e. The van der Waals surface area contributed by atoms with Crippen LogP contribution < -0.4 is 14.4 Å². The lowest BCUT2D eigenvalue weighted by Gasteiger charge is -2.23. The van der Waals surface area contributed by atoms with Crippen LogP contribution in [-0.2, 0) is 21.9 Å². The number of methoxy groups -OCH3 is 1. The molecular weight excluding hydrogens is 665 g/mol. The Morgan fingerprint density at radius 2 is 1.72 bits per heavy atom. The van der Waals surface area contributed by atoms with Gasteiger partial charge in [-0.05, 0) is 65.2 Å². The number of ether oxygens (including phenoxy) is 2. The Morgan fingerprint density at radius 3 is 2.46 bits per heavy atom. The fourth-order valence-electron chi connectivity index (χ4n) is 4.90. The van der Waals surface area contributed by atoms with Crippen LogP contribution >= 0.6 is 46.3 Å². The third-order valence-corrected chi connectivity index (χ3v) is 9.89. The second kappa shape index (κ2) is 14.0. The van der Waals surface area contributed by atoms with E-state index >= 15 is 0 Å². The number of rotatable bonds is 10. The van der Waals surface area contributed by atoms with E-state index in [4.69, 9.17) is 32.7 Å². The van der Waals surface area contributed by atoms with E-state index in [1.807, 2.05) is 36.4 Å². The maximum absolute atomic E-state index is 13.7. The van der Waals surface area contributed by atoms with E-state index in [2.05, 4.69) is 10.2 Å². The van der Waals surface area contributed by atoms with Crippen molar-refractivity contribution in [2.45, 2.75) is 22.7 Å². The number of halogens is 2. The SMILES string of the molecule is COc1ccc(/C(O)=C2\C(=O)C(=O)N(c3nnc(SCc4ccc(Cl)cc4Cl)s3)C2c2cccc(OCc3ccccc3)c2)cc1. The van der Waals surface area contributed by atoms with E-state index in [0.717, 1.165) is 22.5 Å². The van der Waals surface area contributed by atoms with Crippen molar-refractivity contribution >= 4 is 68.9 Å². The Morgan fingerprint density at radius 1 is 0.935 bits per heavy atom. The number of hydrogen-bond donors (Lipinski definition) is 1. The monoisotopic (exact) mass is 689 g/mol.